The summed E-state index contributed by atoms with van der Waals surface area (Å²) >= 11 is 1.78. The smallest absolute Gasteiger partial charge is 0.0981 e. The van der Waals surface area contributed by atoms with Gasteiger partial charge in [-0.1, -0.05) is 69.2 Å². The fourth-order valence-corrected chi connectivity index (χ4v) is 2.47. The predicted molar refractivity (Wildman–Crippen MR) is 116 cm³/mol. The van der Waals surface area contributed by atoms with Crippen molar-refractivity contribution in [2.75, 3.05) is 0 Å². The van der Waals surface area contributed by atoms with Gasteiger partial charge in [-0.25, -0.2) is 4.98 Å². The molecular formula is C22H40N2S. The van der Waals surface area contributed by atoms with Crippen molar-refractivity contribution >= 4 is 11.3 Å². The summed E-state index contributed by atoms with van der Waals surface area (Å²) in [5, 5.41) is 1.23. The molecule has 0 aromatic carbocycles. The van der Waals surface area contributed by atoms with Gasteiger partial charge in [0.2, 0.25) is 0 Å². The van der Waals surface area contributed by atoms with Crippen molar-refractivity contribution in [3.8, 4) is 0 Å². The molecule has 0 aliphatic carbocycles. The van der Waals surface area contributed by atoms with Crippen LogP contribution < -0.4 is 0 Å². The maximum absolute atomic E-state index is 4.31. The van der Waals surface area contributed by atoms with Crippen LogP contribution in [0.4, 0.5) is 0 Å². The van der Waals surface area contributed by atoms with Crippen molar-refractivity contribution in [3.05, 3.63) is 45.7 Å². The van der Waals surface area contributed by atoms with E-state index in [1.165, 1.54) is 15.4 Å². The largest absolute Gasteiger partial charge is 0.261 e. The highest BCUT2D eigenvalue weighted by molar-refractivity contribution is 7.11. The Morgan fingerprint density at radius 1 is 0.800 bits per heavy atom. The van der Waals surface area contributed by atoms with Gasteiger partial charge in [0.25, 0.3) is 0 Å². The van der Waals surface area contributed by atoms with Gasteiger partial charge in [0.1, 0.15) is 0 Å². The van der Waals surface area contributed by atoms with Gasteiger partial charge in [-0.05, 0) is 31.5 Å². The van der Waals surface area contributed by atoms with E-state index in [0.717, 1.165) is 5.69 Å². The van der Waals surface area contributed by atoms with Crippen molar-refractivity contribution in [3.63, 3.8) is 0 Å². The molecule has 0 radical (unpaired) electrons. The number of nitrogens with zero attached hydrogens (tertiary/aromatic N) is 2. The first-order valence-corrected chi connectivity index (χ1v) is 10.2. The van der Waals surface area contributed by atoms with E-state index in [1.54, 1.807) is 11.3 Å². The molecule has 2 heterocycles. The fourth-order valence-electron chi connectivity index (χ4n) is 1.65. The second-order valence-electron chi connectivity index (χ2n) is 7.49. The highest BCUT2D eigenvalue weighted by atomic mass is 32.1. The summed E-state index contributed by atoms with van der Waals surface area (Å²) in [7, 11) is 0. The summed E-state index contributed by atoms with van der Waals surface area (Å²) in [6.07, 6.45) is 3.81. The van der Waals surface area contributed by atoms with E-state index in [0.29, 0.717) is 0 Å². The van der Waals surface area contributed by atoms with Crippen LogP contribution in [0.5, 0.6) is 0 Å². The third-order valence-electron chi connectivity index (χ3n) is 2.95. The van der Waals surface area contributed by atoms with Crippen LogP contribution in [0.25, 0.3) is 0 Å². The lowest BCUT2D eigenvalue weighted by Crippen LogP contribution is -2.13. The molecule has 0 N–H and O–H groups in total. The summed E-state index contributed by atoms with van der Waals surface area (Å²) in [6, 6.07) is 4.16. The average molecular weight is 365 g/mol. The van der Waals surface area contributed by atoms with E-state index in [-0.39, 0.29) is 10.8 Å². The molecular weight excluding hydrogens is 324 g/mol. The summed E-state index contributed by atoms with van der Waals surface area (Å²) < 4.78 is 0. The lowest BCUT2D eigenvalue weighted by Gasteiger charge is -2.17. The molecule has 0 saturated carbocycles. The van der Waals surface area contributed by atoms with E-state index in [1.807, 2.05) is 46.2 Å². The fraction of sp³-hybridized carbons (Fsp3) is 0.636. The van der Waals surface area contributed by atoms with Crippen molar-refractivity contribution in [1.82, 2.24) is 9.97 Å². The van der Waals surface area contributed by atoms with Gasteiger partial charge in [-0.2, -0.15) is 0 Å². The Balaban J connectivity index is 0. The van der Waals surface area contributed by atoms with E-state index in [2.05, 4.69) is 71.4 Å². The third kappa shape index (κ3) is 11.1. The first-order valence-electron chi connectivity index (χ1n) is 9.36. The Kier molecular flexibility index (Phi) is 12.7. The van der Waals surface area contributed by atoms with E-state index in [4.69, 9.17) is 0 Å². The zero-order valence-electron chi connectivity index (χ0n) is 18.6. The molecule has 0 fully saturated rings. The standard InChI is InChI=1S/C10H15N.C8H13NS.2C2H6/c1-8-5-6-11-9(7-8)10(2,3)4;1-6-5-9-7(10-6)8(2,3)4;2*1-2/h5-7H,1-4H3;5H,1-4H3;2*1-2H3. The normalized spacial score (nSPS) is 10.4. The minimum Gasteiger partial charge on any atom is -0.261 e. The molecule has 2 aromatic rings. The quantitative estimate of drug-likeness (QED) is 0.484. The molecule has 0 aliphatic rings. The number of aryl methyl sites for hydroxylation is 2. The molecule has 25 heavy (non-hydrogen) atoms. The molecule has 2 rings (SSSR count). The molecule has 2 nitrogen and oxygen atoms in total. The summed E-state index contributed by atoms with van der Waals surface area (Å²) in [5.74, 6) is 0. The van der Waals surface area contributed by atoms with Crippen LogP contribution in [0.2, 0.25) is 0 Å². The molecule has 0 aliphatic heterocycles. The molecule has 2 aromatic heterocycles. The lowest BCUT2D eigenvalue weighted by atomic mass is 9.91. The number of aromatic nitrogens is 2. The van der Waals surface area contributed by atoms with Crippen molar-refractivity contribution < 1.29 is 0 Å². The summed E-state index contributed by atoms with van der Waals surface area (Å²) in [4.78, 5) is 9.91. The van der Waals surface area contributed by atoms with E-state index < -0.39 is 0 Å². The van der Waals surface area contributed by atoms with Gasteiger partial charge in [0, 0.05) is 33.8 Å². The van der Waals surface area contributed by atoms with Gasteiger partial charge in [0.05, 0.1) is 5.01 Å². The second-order valence-corrected chi connectivity index (χ2v) is 8.73. The number of rotatable bonds is 0. The maximum atomic E-state index is 4.31. The molecule has 3 heteroatoms. The summed E-state index contributed by atoms with van der Waals surface area (Å²) in [6.45, 7) is 25.3. The number of pyridine rings is 1. The molecule has 0 spiro atoms. The zero-order chi connectivity index (χ0) is 20.3. The maximum Gasteiger partial charge on any atom is 0.0981 e. The Morgan fingerprint density at radius 3 is 1.56 bits per heavy atom. The molecule has 0 atom stereocenters. The van der Waals surface area contributed by atoms with Gasteiger partial charge in [-0.3, -0.25) is 4.98 Å². The monoisotopic (exact) mass is 364 g/mol. The Hall–Kier alpha value is -1.22. The van der Waals surface area contributed by atoms with Crippen LogP contribution >= 0.6 is 11.3 Å². The predicted octanol–water partition coefficient (Wildman–Crippen LogP) is 7.49. The first kappa shape index (κ1) is 26.0. The Labute approximate surface area is 161 Å². The van der Waals surface area contributed by atoms with E-state index in [9.17, 15) is 0 Å². The average Bonchev–Trinajstić information content (AvgIpc) is 2.98. The topological polar surface area (TPSA) is 25.8 Å². The van der Waals surface area contributed by atoms with Crippen LogP contribution in [0.15, 0.2) is 24.5 Å². The van der Waals surface area contributed by atoms with Crippen LogP contribution in [0, 0.1) is 13.8 Å². The van der Waals surface area contributed by atoms with Crippen molar-refractivity contribution in [2.45, 2.75) is 93.9 Å². The lowest BCUT2D eigenvalue weighted by molar-refractivity contribution is 0.568. The summed E-state index contributed by atoms with van der Waals surface area (Å²) in [5.41, 5.74) is 2.84. The molecule has 0 unspecified atom stereocenters. The van der Waals surface area contributed by atoms with Crippen LogP contribution in [-0.4, -0.2) is 9.97 Å². The highest BCUT2D eigenvalue weighted by Gasteiger charge is 2.16. The van der Waals surface area contributed by atoms with Crippen LogP contribution in [-0.2, 0) is 10.8 Å². The van der Waals surface area contributed by atoms with Crippen LogP contribution in [0.3, 0.4) is 0 Å². The number of hydrogen-bond donors (Lipinski definition) is 0. The van der Waals surface area contributed by atoms with Gasteiger partial charge < -0.3 is 0 Å². The SMILES string of the molecule is CC.CC.Cc1ccnc(C(C)(C)C)c1.Cc1cnc(C(C)(C)C)s1. The van der Waals surface area contributed by atoms with Gasteiger partial charge in [-0.15, -0.1) is 11.3 Å². The minimum absolute atomic E-state index is 0.173. The zero-order valence-corrected chi connectivity index (χ0v) is 19.4. The minimum atomic E-state index is 0.173. The Morgan fingerprint density at radius 2 is 1.32 bits per heavy atom. The van der Waals surface area contributed by atoms with Crippen molar-refractivity contribution in [1.29, 1.82) is 0 Å². The van der Waals surface area contributed by atoms with Gasteiger partial charge in [0.15, 0.2) is 0 Å². The molecule has 0 saturated heterocycles. The second kappa shape index (κ2) is 12.2. The number of thiazole rings is 1. The Bertz CT molecular complexity index is 572. The molecule has 0 bridgehead atoms. The highest BCUT2D eigenvalue weighted by Crippen LogP contribution is 2.25. The van der Waals surface area contributed by atoms with E-state index >= 15 is 0 Å². The third-order valence-corrected chi connectivity index (χ3v) is 4.29. The molecule has 144 valence electrons. The van der Waals surface area contributed by atoms with Crippen LogP contribution in [0.1, 0.15) is 90.4 Å². The number of hydrogen-bond acceptors (Lipinski definition) is 3. The first-order chi connectivity index (χ1) is 11.5. The molecule has 0 amide bonds. The van der Waals surface area contributed by atoms with Crippen molar-refractivity contribution in [2.24, 2.45) is 0 Å². The van der Waals surface area contributed by atoms with Gasteiger partial charge >= 0.3 is 0 Å².